The van der Waals surface area contributed by atoms with Crippen LogP contribution in [-0.2, 0) is 9.53 Å². The van der Waals surface area contributed by atoms with Crippen LogP contribution in [0.4, 0.5) is 10.5 Å². The van der Waals surface area contributed by atoms with E-state index in [1.807, 2.05) is 0 Å². The molecule has 2 rings (SSSR count). The Hall–Kier alpha value is -2.25. The molecule has 1 aromatic rings. The maximum Gasteiger partial charge on any atom is 0.408 e. The molecule has 0 radical (unpaired) electrons. The first kappa shape index (κ1) is 13.2. The molecule has 0 saturated heterocycles. The van der Waals surface area contributed by atoms with E-state index in [1.165, 1.54) is 6.20 Å². The number of carbonyl (C=O) groups excluding carboxylic acids is 2. The predicted octanol–water partition coefficient (Wildman–Crippen LogP) is 0.634. The van der Waals surface area contributed by atoms with Crippen LogP contribution in [0.25, 0.3) is 0 Å². The lowest BCUT2D eigenvalue weighted by Crippen LogP contribution is -2.48. The third-order valence-corrected chi connectivity index (χ3v) is 2.26. The van der Waals surface area contributed by atoms with Crippen molar-refractivity contribution >= 4 is 17.7 Å². The molecule has 0 fully saturated rings. The highest BCUT2D eigenvalue weighted by atomic mass is 16.6. The summed E-state index contributed by atoms with van der Waals surface area (Å²) in [4.78, 5) is 23.5. The summed E-state index contributed by atoms with van der Waals surface area (Å²) >= 11 is 0. The van der Waals surface area contributed by atoms with Gasteiger partial charge in [0.15, 0.2) is 0 Å². The first-order valence-corrected chi connectivity index (χ1v) is 5.82. The number of nitrogens with zero attached hydrogens (tertiary/aromatic N) is 1. The lowest BCUT2D eigenvalue weighted by Gasteiger charge is -2.22. The van der Waals surface area contributed by atoms with Crippen LogP contribution in [0, 0.1) is 0 Å². The number of amides is 2. The second-order valence-electron chi connectivity index (χ2n) is 5.11. The first-order chi connectivity index (χ1) is 8.85. The Bertz CT molecular complexity index is 491. The van der Waals surface area contributed by atoms with E-state index in [9.17, 15) is 9.59 Å². The highest BCUT2D eigenvalue weighted by molar-refractivity contribution is 5.98. The van der Waals surface area contributed by atoms with E-state index in [2.05, 4.69) is 20.8 Å². The molecule has 0 aromatic carbocycles. The minimum absolute atomic E-state index is 0.000267. The SMILES string of the molecule is CC(C)(C)OC(=O)N[C@H]1COc2[nH]ncc2NC1=O. The van der Waals surface area contributed by atoms with Gasteiger partial charge in [-0.1, -0.05) is 0 Å². The van der Waals surface area contributed by atoms with Gasteiger partial charge >= 0.3 is 6.09 Å². The molecule has 0 unspecified atom stereocenters. The molecule has 0 aliphatic carbocycles. The number of hydrogen-bond donors (Lipinski definition) is 3. The first-order valence-electron chi connectivity index (χ1n) is 5.82. The summed E-state index contributed by atoms with van der Waals surface area (Å²) in [5.41, 5.74) is -0.182. The van der Waals surface area contributed by atoms with Gasteiger partial charge in [0, 0.05) is 0 Å². The normalized spacial score (nSPS) is 18.7. The molecule has 0 bridgehead atoms. The van der Waals surface area contributed by atoms with Crippen molar-refractivity contribution in [3.8, 4) is 5.88 Å². The molecular weight excluding hydrogens is 252 g/mol. The van der Waals surface area contributed by atoms with Gasteiger partial charge in [-0.3, -0.25) is 4.79 Å². The molecule has 1 atom stereocenters. The number of alkyl carbamates (subject to hydrolysis) is 1. The smallest absolute Gasteiger partial charge is 0.408 e. The third kappa shape index (κ3) is 3.36. The Balaban J connectivity index is 1.97. The van der Waals surface area contributed by atoms with E-state index < -0.39 is 17.7 Å². The number of H-pyrrole nitrogens is 1. The molecule has 1 aromatic heterocycles. The summed E-state index contributed by atoms with van der Waals surface area (Å²) in [5.74, 6) is -0.0205. The van der Waals surface area contributed by atoms with Crippen LogP contribution < -0.4 is 15.4 Å². The molecule has 19 heavy (non-hydrogen) atoms. The second-order valence-corrected chi connectivity index (χ2v) is 5.11. The van der Waals surface area contributed by atoms with E-state index in [0.29, 0.717) is 11.6 Å². The number of anilines is 1. The molecule has 8 heteroatoms. The molecular formula is C11H16N4O4. The molecule has 0 spiro atoms. The minimum atomic E-state index is -0.823. The lowest BCUT2D eigenvalue weighted by atomic mass is 10.2. The Morgan fingerprint density at radius 2 is 2.32 bits per heavy atom. The van der Waals surface area contributed by atoms with Crippen molar-refractivity contribution in [3.05, 3.63) is 6.20 Å². The Labute approximate surface area is 109 Å². The topological polar surface area (TPSA) is 105 Å². The number of aromatic nitrogens is 2. The number of fused-ring (bicyclic) bond motifs is 1. The van der Waals surface area contributed by atoms with Crippen molar-refractivity contribution in [1.82, 2.24) is 15.5 Å². The van der Waals surface area contributed by atoms with Crippen LogP contribution in [0.1, 0.15) is 20.8 Å². The zero-order valence-corrected chi connectivity index (χ0v) is 10.9. The number of rotatable bonds is 1. The maximum atomic E-state index is 11.9. The van der Waals surface area contributed by atoms with Gasteiger partial charge < -0.3 is 20.1 Å². The maximum absolute atomic E-state index is 11.9. The Morgan fingerprint density at radius 1 is 1.58 bits per heavy atom. The summed E-state index contributed by atoms with van der Waals surface area (Å²) < 4.78 is 10.4. The van der Waals surface area contributed by atoms with E-state index in [4.69, 9.17) is 9.47 Å². The summed E-state index contributed by atoms with van der Waals surface area (Å²) in [6, 6.07) is -0.823. The summed E-state index contributed by atoms with van der Waals surface area (Å²) in [6.07, 6.45) is 0.767. The van der Waals surface area contributed by atoms with Crippen LogP contribution in [0.15, 0.2) is 6.20 Å². The van der Waals surface area contributed by atoms with E-state index in [0.717, 1.165) is 0 Å². The van der Waals surface area contributed by atoms with Gasteiger partial charge in [-0.2, -0.15) is 5.10 Å². The second kappa shape index (κ2) is 4.79. The molecule has 2 heterocycles. The van der Waals surface area contributed by atoms with Gasteiger partial charge in [0.25, 0.3) is 5.91 Å². The van der Waals surface area contributed by atoms with Crippen molar-refractivity contribution in [3.63, 3.8) is 0 Å². The fourth-order valence-corrected chi connectivity index (χ4v) is 1.49. The summed E-state index contributed by atoms with van der Waals surface area (Å²) in [5, 5.41) is 11.4. The van der Waals surface area contributed by atoms with E-state index >= 15 is 0 Å². The number of aromatic amines is 1. The van der Waals surface area contributed by atoms with Crippen LogP contribution in [0.2, 0.25) is 0 Å². The average molecular weight is 268 g/mol. The van der Waals surface area contributed by atoms with Crippen molar-refractivity contribution in [2.45, 2.75) is 32.4 Å². The quantitative estimate of drug-likeness (QED) is 0.693. The van der Waals surface area contributed by atoms with Gasteiger partial charge in [0.05, 0.1) is 6.20 Å². The van der Waals surface area contributed by atoms with Crippen molar-refractivity contribution in [2.75, 3.05) is 11.9 Å². The number of nitrogens with one attached hydrogen (secondary N) is 3. The standard InChI is InChI=1S/C11H16N4O4/c1-11(2,3)19-10(17)14-7-5-18-9-6(4-12-15-9)13-8(7)16/h4,7H,5H2,1-3H3,(H,12,15)(H,13,16)(H,14,17)/t7-/m0/s1. The molecule has 1 aliphatic heterocycles. The zero-order chi connectivity index (χ0) is 14.0. The largest absolute Gasteiger partial charge is 0.474 e. The average Bonchev–Trinajstić information content (AvgIpc) is 2.63. The molecule has 2 amide bonds. The molecule has 104 valence electrons. The predicted molar refractivity (Wildman–Crippen MR) is 65.9 cm³/mol. The van der Waals surface area contributed by atoms with Crippen LogP contribution in [-0.4, -0.2) is 40.4 Å². The van der Waals surface area contributed by atoms with Crippen LogP contribution >= 0.6 is 0 Å². The van der Waals surface area contributed by atoms with Crippen molar-refractivity contribution < 1.29 is 19.1 Å². The van der Waals surface area contributed by atoms with Gasteiger partial charge in [-0.15, -0.1) is 0 Å². The molecule has 1 aliphatic rings. The fraction of sp³-hybridized carbons (Fsp3) is 0.545. The zero-order valence-electron chi connectivity index (χ0n) is 10.9. The number of carbonyl (C=O) groups is 2. The van der Waals surface area contributed by atoms with Crippen LogP contribution in [0.5, 0.6) is 5.88 Å². The lowest BCUT2D eigenvalue weighted by molar-refractivity contribution is -0.118. The van der Waals surface area contributed by atoms with E-state index in [1.54, 1.807) is 20.8 Å². The highest BCUT2D eigenvalue weighted by Crippen LogP contribution is 2.22. The molecule has 0 saturated carbocycles. The highest BCUT2D eigenvalue weighted by Gasteiger charge is 2.28. The Kier molecular flexibility index (Phi) is 3.32. The van der Waals surface area contributed by atoms with Crippen LogP contribution in [0.3, 0.4) is 0 Å². The fourth-order valence-electron chi connectivity index (χ4n) is 1.49. The van der Waals surface area contributed by atoms with Gasteiger partial charge in [-0.25, -0.2) is 9.89 Å². The van der Waals surface area contributed by atoms with Gasteiger partial charge in [0.1, 0.15) is 23.9 Å². The van der Waals surface area contributed by atoms with Gasteiger partial charge in [-0.05, 0) is 20.8 Å². The van der Waals surface area contributed by atoms with Crippen molar-refractivity contribution in [1.29, 1.82) is 0 Å². The number of ether oxygens (including phenoxy) is 2. The molecule has 8 nitrogen and oxygen atoms in total. The third-order valence-electron chi connectivity index (χ3n) is 2.26. The summed E-state index contributed by atoms with van der Waals surface area (Å²) in [6.45, 7) is 5.23. The van der Waals surface area contributed by atoms with Crippen molar-refractivity contribution in [2.24, 2.45) is 0 Å². The minimum Gasteiger partial charge on any atom is -0.474 e. The Morgan fingerprint density at radius 3 is 3.00 bits per heavy atom. The summed E-state index contributed by atoms with van der Waals surface area (Å²) in [7, 11) is 0. The van der Waals surface area contributed by atoms with Gasteiger partial charge in [0.2, 0.25) is 5.88 Å². The van der Waals surface area contributed by atoms with E-state index in [-0.39, 0.29) is 12.5 Å². The molecule has 3 N–H and O–H groups in total. The monoisotopic (exact) mass is 268 g/mol. The number of hydrogen-bond acceptors (Lipinski definition) is 5.